The van der Waals surface area contributed by atoms with Gasteiger partial charge in [-0.05, 0) is 55.9 Å². The lowest BCUT2D eigenvalue weighted by Gasteiger charge is -2.36. The predicted octanol–water partition coefficient (Wildman–Crippen LogP) is 4.17. The molecule has 172 valence electrons. The van der Waals surface area contributed by atoms with Crippen molar-refractivity contribution < 1.29 is 17.9 Å². The third kappa shape index (κ3) is 4.75. The Bertz CT molecular complexity index is 1020. The van der Waals surface area contributed by atoms with E-state index in [0.29, 0.717) is 25.1 Å². The number of nitrogens with zero attached hydrogens (tertiary/aromatic N) is 2. The first-order chi connectivity index (χ1) is 15.4. The number of hydrogen-bond acceptors (Lipinski definition) is 4. The van der Waals surface area contributed by atoms with Crippen molar-refractivity contribution in [1.82, 2.24) is 9.21 Å². The van der Waals surface area contributed by atoms with E-state index in [1.807, 2.05) is 49.4 Å². The summed E-state index contributed by atoms with van der Waals surface area (Å²) in [6.07, 6.45) is 3.62. The SMILES string of the molecule is CC(c1ccc(C(=O)N(C)CC2CCCO2)cc1)N1CCCC(c2ccccc2)S1(=O)=O. The fourth-order valence-corrected chi connectivity index (χ4v) is 7.00. The van der Waals surface area contributed by atoms with Gasteiger partial charge in [0.05, 0.1) is 6.10 Å². The van der Waals surface area contributed by atoms with Crippen molar-refractivity contribution in [1.29, 1.82) is 0 Å². The van der Waals surface area contributed by atoms with Gasteiger partial charge >= 0.3 is 0 Å². The van der Waals surface area contributed by atoms with Gasteiger partial charge in [0.25, 0.3) is 5.91 Å². The molecule has 0 radical (unpaired) electrons. The van der Waals surface area contributed by atoms with Crippen molar-refractivity contribution in [3.8, 4) is 0 Å². The fourth-order valence-electron chi connectivity index (χ4n) is 4.76. The lowest BCUT2D eigenvalue weighted by atomic mass is 10.0. The monoisotopic (exact) mass is 456 g/mol. The molecule has 2 aliphatic rings. The number of amides is 1. The van der Waals surface area contributed by atoms with Crippen LogP contribution >= 0.6 is 0 Å². The molecule has 0 spiro atoms. The molecule has 1 amide bonds. The number of likely N-dealkylation sites (N-methyl/N-ethyl adjacent to an activating group) is 1. The van der Waals surface area contributed by atoms with Crippen molar-refractivity contribution in [3.05, 3.63) is 71.3 Å². The lowest BCUT2D eigenvalue weighted by Crippen LogP contribution is -2.41. The molecule has 0 N–H and O–H groups in total. The normalized spacial score (nSPS) is 24.2. The number of rotatable bonds is 6. The van der Waals surface area contributed by atoms with E-state index in [-0.39, 0.29) is 18.1 Å². The summed E-state index contributed by atoms with van der Waals surface area (Å²) in [5.74, 6) is -0.0468. The lowest BCUT2D eigenvalue weighted by molar-refractivity contribution is 0.0587. The Labute approximate surface area is 191 Å². The maximum atomic E-state index is 13.4. The van der Waals surface area contributed by atoms with E-state index in [0.717, 1.165) is 37.0 Å². The fraction of sp³-hybridized carbons (Fsp3) is 0.480. The first-order valence-corrected chi connectivity index (χ1v) is 12.9. The minimum atomic E-state index is -3.47. The van der Waals surface area contributed by atoms with E-state index in [1.54, 1.807) is 28.4 Å². The molecule has 32 heavy (non-hydrogen) atoms. The molecule has 3 atom stereocenters. The smallest absolute Gasteiger partial charge is 0.253 e. The molecule has 3 unspecified atom stereocenters. The van der Waals surface area contributed by atoms with Gasteiger partial charge in [-0.15, -0.1) is 0 Å². The van der Waals surface area contributed by atoms with Gasteiger partial charge in [-0.25, -0.2) is 8.42 Å². The van der Waals surface area contributed by atoms with Crippen LogP contribution in [0.1, 0.15) is 65.4 Å². The summed E-state index contributed by atoms with van der Waals surface area (Å²) in [5.41, 5.74) is 2.34. The van der Waals surface area contributed by atoms with Crippen LogP contribution in [0.2, 0.25) is 0 Å². The Balaban J connectivity index is 1.47. The third-order valence-electron chi connectivity index (χ3n) is 6.62. The molecular formula is C25H32N2O4S. The van der Waals surface area contributed by atoms with Gasteiger partial charge < -0.3 is 9.64 Å². The zero-order chi connectivity index (χ0) is 22.7. The molecule has 0 aliphatic carbocycles. The maximum Gasteiger partial charge on any atom is 0.253 e. The van der Waals surface area contributed by atoms with Crippen molar-refractivity contribution in [2.24, 2.45) is 0 Å². The van der Waals surface area contributed by atoms with E-state index < -0.39 is 15.3 Å². The van der Waals surface area contributed by atoms with Crippen molar-refractivity contribution in [3.63, 3.8) is 0 Å². The Morgan fingerprint density at radius 1 is 1.09 bits per heavy atom. The highest BCUT2D eigenvalue weighted by Gasteiger charge is 2.39. The maximum absolute atomic E-state index is 13.4. The summed E-state index contributed by atoms with van der Waals surface area (Å²) < 4.78 is 34.1. The molecule has 0 saturated carbocycles. The molecule has 4 rings (SSSR count). The summed E-state index contributed by atoms with van der Waals surface area (Å²) in [7, 11) is -1.68. The Kier molecular flexibility index (Phi) is 6.98. The van der Waals surface area contributed by atoms with Gasteiger partial charge in [0.1, 0.15) is 5.25 Å². The summed E-state index contributed by atoms with van der Waals surface area (Å²) in [6, 6.07) is 16.5. The topological polar surface area (TPSA) is 66.9 Å². The number of hydrogen-bond donors (Lipinski definition) is 0. The molecule has 2 aliphatic heterocycles. The quantitative estimate of drug-likeness (QED) is 0.655. The van der Waals surface area contributed by atoms with Crippen LogP contribution in [-0.4, -0.2) is 56.4 Å². The average Bonchev–Trinajstić information content (AvgIpc) is 3.31. The van der Waals surface area contributed by atoms with Gasteiger partial charge in [-0.3, -0.25) is 4.79 Å². The molecule has 2 heterocycles. The largest absolute Gasteiger partial charge is 0.376 e. The Morgan fingerprint density at radius 2 is 1.81 bits per heavy atom. The number of benzene rings is 2. The van der Waals surface area contributed by atoms with E-state index in [9.17, 15) is 13.2 Å². The molecule has 0 aromatic heterocycles. The third-order valence-corrected chi connectivity index (χ3v) is 9.00. The molecule has 2 saturated heterocycles. The highest BCUT2D eigenvalue weighted by atomic mass is 32.2. The van der Waals surface area contributed by atoms with Gasteiger partial charge in [0, 0.05) is 38.3 Å². The minimum Gasteiger partial charge on any atom is -0.376 e. The van der Waals surface area contributed by atoms with Gasteiger partial charge in [0.2, 0.25) is 10.0 Å². The van der Waals surface area contributed by atoms with Gasteiger partial charge in [-0.2, -0.15) is 4.31 Å². The van der Waals surface area contributed by atoms with Crippen LogP contribution in [0.3, 0.4) is 0 Å². The molecule has 6 nitrogen and oxygen atoms in total. The van der Waals surface area contributed by atoms with E-state index in [4.69, 9.17) is 4.74 Å². The molecule has 2 aromatic rings. The molecule has 0 bridgehead atoms. The first-order valence-electron chi connectivity index (χ1n) is 11.4. The summed E-state index contributed by atoms with van der Waals surface area (Å²) in [4.78, 5) is 14.5. The second-order valence-electron chi connectivity index (χ2n) is 8.82. The highest BCUT2D eigenvalue weighted by Crippen LogP contribution is 2.38. The van der Waals surface area contributed by atoms with Gasteiger partial charge in [-0.1, -0.05) is 42.5 Å². The summed E-state index contributed by atoms with van der Waals surface area (Å²) in [6.45, 7) is 3.79. The van der Waals surface area contributed by atoms with Crippen LogP contribution in [0.4, 0.5) is 0 Å². The van der Waals surface area contributed by atoms with E-state index in [1.165, 1.54) is 0 Å². The number of ether oxygens (including phenoxy) is 1. The second-order valence-corrected chi connectivity index (χ2v) is 10.9. The molecule has 2 aromatic carbocycles. The van der Waals surface area contributed by atoms with Crippen LogP contribution in [0.5, 0.6) is 0 Å². The second kappa shape index (κ2) is 9.73. The van der Waals surface area contributed by atoms with Crippen LogP contribution in [0, 0.1) is 0 Å². The van der Waals surface area contributed by atoms with E-state index in [2.05, 4.69) is 0 Å². The standard InChI is InChI=1S/C25H32N2O4S/c1-19(27-16-6-11-24(32(27,29)30)21-8-4-3-5-9-21)20-12-14-22(15-13-20)25(28)26(2)18-23-10-7-17-31-23/h3-5,8-9,12-15,19,23-24H,6-7,10-11,16-18H2,1-2H3. The number of carbonyl (C=O) groups excluding carboxylic acids is 1. The van der Waals surface area contributed by atoms with Crippen molar-refractivity contribution in [2.45, 2.75) is 50.0 Å². The Hall–Kier alpha value is -2.22. The predicted molar refractivity (Wildman–Crippen MR) is 125 cm³/mol. The summed E-state index contributed by atoms with van der Waals surface area (Å²) in [5, 5.41) is -0.507. The number of carbonyl (C=O) groups is 1. The van der Waals surface area contributed by atoms with Gasteiger partial charge in [0.15, 0.2) is 0 Å². The van der Waals surface area contributed by atoms with Crippen LogP contribution in [0.15, 0.2) is 54.6 Å². The number of sulfonamides is 1. The van der Waals surface area contributed by atoms with Crippen molar-refractivity contribution >= 4 is 15.9 Å². The van der Waals surface area contributed by atoms with E-state index >= 15 is 0 Å². The van der Waals surface area contributed by atoms with Crippen LogP contribution < -0.4 is 0 Å². The Morgan fingerprint density at radius 3 is 2.47 bits per heavy atom. The minimum absolute atomic E-state index is 0.0468. The molecule has 2 fully saturated rings. The zero-order valence-electron chi connectivity index (χ0n) is 18.8. The van der Waals surface area contributed by atoms with Crippen LogP contribution in [0.25, 0.3) is 0 Å². The molecule has 7 heteroatoms. The van der Waals surface area contributed by atoms with Crippen LogP contribution in [-0.2, 0) is 14.8 Å². The van der Waals surface area contributed by atoms with Crippen molar-refractivity contribution in [2.75, 3.05) is 26.7 Å². The molecular weight excluding hydrogens is 424 g/mol. The first kappa shape index (κ1) is 23.0. The highest BCUT2D eigenvalue weighted by molar-refractivity contribution is 7.89. The summed E-state index contributed by atoms with van der Waals surface area (Å²) >= 11 is 0. The average molecular weight is 457 g/mol. The zero-order valence-corrected chi connectivity index (χ0v) is 19.6.